The zero-order valence-corrected chi connectivity index (χ0v) is 22.7. The molecule has 0 spiro atoms. The molecule has 0 aromatic rings. The molecule has 0 aliphatic carbocycles. The number of hydrogen-bond acceptors (Lipinski definition) is 5. The van der Waals surface area contributed by atoms with Crippen molar-refractivity contribution < 1.29 is 24.0 Å². The van der Waals surface area contributed by atoms with E-state index >= 15 is 0 Å². The monoisotopic (exact) mass is 495 g/mol. The third-order valence-corrected chi connectivity index (χ3v) is 5.87. The van der Waals surface area contributed by atoms with Gasteiger partial charge in [0.2, 0.25) is 29.5 Å². The summed E-state index contributed by atoms with van der Waals surface area (Å²) in [5, 5.41) is 5.41. The van der Waals surface area contributed by atoms with E-state index in [2.05, 4.69) is 10.6 Å². The Morgan fingerprint density at radius 3 is 1.54 bits per heavy atom. The van der Waals surface area contributed by atoms with Crippen LogP contribution in [0.15, 0.2) is 0 Å². The molecule has 1 fully saturated rings. The summed E-state index contributed by atoms with van der Waals surface area (Å²) in [4.78, 5) is 67.5. The molecule has 35 heavy (non-hydrogen) atoms. The predicted molar refractivity (Wildman–Crippen MR) is 133 cm³/mol. The highest BCUT2D eigenvalue weighted by Gasteiger charge is 2.33. The van der Waals surface area contributed by atoms with Gasteiger partial charge in [-0.15, -0.1) is 0 Å². The minimum absolute atomic E-state index is 0.0447. The van der Waals surface area contributed by atoms with Crippen LogP contribution in [0.25, 0.3) is 0 Å². The van der Waals surface area contributed by atoms with Gasteiger partial charge in [0.15, 0.2) is 0 Å². The van der Waals surface area contributed by atoms with Crippen molar-refractivity contribution in [1.29, 1.82) is 0 Å². The molecule has 1 heterocycles. The van der Waals surface area contributed by atoms with Gasteiger partial charge in [0.1, 0.15) is 0 Å². The summed E-state index contributed by atoms with van der Waals surface area (Å²) < 4.78 is 0. The molecule has 10 heteroatoms. The lowest BCUT2D eigenvalue weighted by atomic mass is 9.92. The standard InChI is InChI=1S/C25H45N5O5/c1-16(2)11-20(23(33)27-12-26-22(32)17(3)4)9-10-21(31)28-13-29(24(34)18(5)6)15-30(14-28)25(35)19(7)8/h16-20H,9-15H2,1-8H3,(H,26,32)(H,27,33). The first-order chi connectivity index (χ1) is 16.2. The molecular formula is C25H45N5O5. The average Bonchev–Trinajstić information content (AvgIpc) is 2.79. The molecule has 1 rings (SSSR count). The Labute approximate surface area is 210 Å². The molecule has 1 aliphatic heterocycles. The minimum atomic E-state index is -0.388. The van der Waals surface area contributed by atoms with E-state index in [0.29, 0.717) is 12.8 Å². The molecule has 0 radical (unpaired) electrons. The molecule has 10 nitrogen and oxygen atoms in total. The summed E-state index contributed by atoms with van der Waals surface area (Å²) in [5.41, 5.74) is 0. The maximum Gasteiger partial charge on any atom is 0.227 e. The van der Waals surface area contributed by atoms with Crippen LogP contribution in [-0.2, 0) is 24.0 Å². The first-order valence-electron chi connectivity index (χ1n) is 12.6. The van der Waals surface area contributed by atoms with Gasteiger partial charge in [-0.1, -0.05) is 55.4 Å². The van der Waals surface area contributed by atoms with E-state index in [0.717, 1.165) is 0 Å². The topological polar surface area (TPSA) is 119 Å². The number of hydrogen-bond donors (Lipinski definition) is 2. The first-order valence-corrected chi connectivity index (χ1v) is 12.6. The Hall–Kier alpha value is -2.65. The SMILES string of the molecule is CC(C)CC(CCC(=O)N1CN(C(=O)C(C)C)CN(C(=O)C(C)C)C1)C(=O)NCNC(=O)C(C)C. The largest absolute Gasteiger partial charge is 0.338 e. The molecule has 0 aromatic carbocycles. The molecule has 200 valence electrons. The summed E-state index contributed by atoms with van der Waals surface area (Å²) in [7, 11) is 0. The lowest BCUT2D eigenvalue weighted by Crippen LogP contribution is -2.60. The fourth-order valence-corrected chi connectivity index (χ4v) is 3.87. The Morgan fingerprint density at radius 1 is 0.657 bits per heavy atom. The molecule has 1 unspecified atom stereocenters. The van der Waals surface area contributed by atoms with Gasteiger partial charge >= 0.3 is 0 Å². The summed E-state index contributed by atoms with van der Waals surface area (Å²) in [6.07, 6.45) is 1.07. The smallest absolute Gasteiger partial charge is 0.227 e. The highest BCUT2D eigenvalue weighted by atomic mass is 16.2. The normalized spacial score (nSPS) is 15.1. The Morgan fingerprint density at radius 2 is 1.11 bits per heavy atom. The molecule has 1 aliphatic rings. The summed E-state index contributed by atoms with van der Waals surface area (Å²) in [6, 6.07) is 0. The zero-order valence-electron chi connectivity index (χ0n) is 22.7. The van der Waals surface area contributed by atoms with Crippen LogP contribution in [-0.4, -0.2) is 70.9 Å². The number of carbonyl (C=O) groups excluding carboxylic acids is 5. The van der Waals surface area contributed by atoms with Gasteiger partial charge in [0.25, 0.3) is 0 Å². The van der Waals surface area contributed by atoms with E-state index in [9.17, 15) is 24.0 Å². The van der Waals surface area contributed by atoms with E-state index in [4.69, 9.17) is 0 Å². The molecular weight excluding hydrogens is 450 g/mol. The molecule has 1 atom stereocenters. The molecule has 1 saturated heterocycles. The molecule has 2 N–H and O–H groups in total. The molecule has 0 saturated carbocycles. The van der Waals surface area contributed by atoms with Crippen LogP contribution >= 0.6 is 0 Å². The zero-order chi connectivity index (χ0) is 26.9. The highest BCUT2D eigenvalue weighted by Crippen LogP contribution is 2.20. The van der Waals surface area contributed by atoms with Crippen molar-refractivity contribution in [3.05, 3.63) is 0 Å². The van der Waals surface area contributed by atoms with Gasteiger partial charge < -0.3 is 25.3 Å². The highest BCUT2D eigenvalue weighted by molar-refractivity contribution is 5.84. The number of amides is 5. The first kappa shape index (κ1) is 30.4. The van der Waals surface area contributed by atoms with Crippen molar-refractivity contribution in [2.45, 2.75) is 74.7 Å². The van der Waals surface area contributed by atoms with Crippen LogP contribution in [0.4, 0.5) is 0 Å². The second-order valence-corrected chi connectivity index (χ2v) is 10.7. The van der Waals surface area contributed by atoms with Gasteiger partial charge in [-0.25, -0.2) is 0 Å². The summed E-state index contributed by atoms with van der Waals surface area (Å²) in [5.74, 6) is -1.62. The van der Waals surface area contributed by atoms with Crippen LogP contribution in [0.2, 0.25) is 0 Å². The van der Waals surface area contributed by atoms with Gasteiger partial charge in [-0.3, -0.25) is 24.0 Å². The van der Waals surface area contributed by atoms with Crippen molar-refractivity contribution in [2.24, 2.45) is 29.6 Å². The summed E-state index contributed by atoms with van der Waals surface area (Å²) >= 11 is 0. The van der Waals surface area contributed by atoms with E-state index in [-0.39, 0.29) is 92.2 Å². The minimum Gasteiger partial charge on any atom is -0.338 e. The quantitative estimate of drug-likeness (QED) is 0.425. The van der Waals surface area contributed by atoms with E-state index in [1.807, 2.05) is 13.8 Å². The fourth-order valence-electron chi connectivity index (χ4n) is 3.87. The lowest BCUT2D eigenvalue weighted by molar-refractivity contribution is -0.161. The third-order valence-electron chi connectivity index (χ3n) is 5.87. The molecule has 0 aromatic heterocycles. The number of nitrogens with zero attached hydrogens (tertiary/aromatic N) is 3. The second-order valence-electron chi connectivity index (χ2n) is 10.7. The average molecular weight is 496 g/mol. The van der Waals surface area contributed by atoms with E-state index in [1.54, 1.807) is 41.5 Å². The van der Waals surface area contributed by atoms with E-state index < -0.39 is 0 Å². The lowest BCUT2D eigenvalue weighted by Gasteiger charge is -2.43. The van der Waals surface area contributed by atoms with Crippen molar-refractivity contribution in [2.75, 3.05) is 26.7 Å². The number of nitrogens with one attached hydrogen (secondary N) is 2. The third kappa shape index (κ3) is 9.85. The Bertz CT molecular complexity index is 737. The molecule has 0 bridgehead atoms. The maximum atomic E-state index is 13.1. The number of rotatable bonds is 11. The van der Waals surface area contributed by atoms with Gasteiger partial charge in [-0.2, -0.15) is 0 Å². The van der Waals surface area contributed by atoms with Crippen LogP contribution < -0.4 is 10.6 Å². The van der Waals surface area contributed by atoms with Crippen molar-refractivity contribution in [1.82, 2.24) is 25.3 Å². The van der Waals surface area contributed by atoms with Gasteiger partial charge in [-0.05, 0) is 18.8 Å². The van der Waals surface area contributed by atoms with Crippen molar-refractivity contribution >= 4 is 29.5 Å². The van der Waals surface area contributed by atoms with E-state index in [1.165, 1.54) is 14.7 Å². The maximum absolute atomic E-state index is 13.1. The summed E-state index contributed by atoms with van der Waals surface area (Å²) in [6.45, 7) is 15.2. The van der Waals surface area contributed by atoms with Crippen LogP contribution in [0.1, 0.15) is 74.7 Å². The second kappa shape index (κ2) is 14.0. The predicted octanol–water partition coefficient (Wildman–Crippen LogP) is 1.96. The fraction of sp³-hybridized carbons (Fsp3) is 0.800. The Balaban J connectivity index is 2.84. The van der Waals surface area contributed by atoms with Crippen molar-refractivity contribution in [3.63, 3.8) is 0 Å². The van der Waals surface area contributed by atoms with Crippen molar-refractivity contribution in [3.8, 4) is 0 Å². The van der Waals surface area contributed by atoms with Crippen LogP contribution in [0.3, 0.4) is 0 Å². The molecule has 5 amide bonds. The van der Waals surface area contributed by atoms with Gasteiger partial charge in [0.05, 0.1) is 26.7 Å². The Kier molecular flexibility index (Phi) is 12.2. The van der Waals surface area contributed by atoms with Crippen LogP contribution in [0.5, 0.6) is 0 Å². The number of carbonyl (C=O) groups is 5. The van der Waals surface area contributed by atoms with Crippen LogP contribution in [0, 0.1) is 29.6 Å². The van der Waals surface area contributed by atoms with Gasteiger partial charge in [0, 0.05) is 30.1 Å².